The molecule has 41 heavy (non-hydrogen) atoms. The maximum atomic E-state index is 12.9. The van der Waals surface area contributed by atoms with E-state index >= 15 is 0 Å². The molecule has 4 rings (SSSR count). The first-order valence-electron chi connectivity index (χ1n) is 13.1. The van der Waals surface area contributed by atoms with Gasteiger partial charge in [-0.15, -0.1) is 10.2 Å². The third-order valence-corrected chi connectivity index (χ3v) is 7.31. The number of anilines is 2. The molecule has 0 unspecified atom stereocenters. The fourth-order valence-corrected chi connectivity index (χ4v) is 4.95. The molecule has 0 saturated heterocycles. The number of hydrogen-bond acceptors (Lipinski definition) is 9. The van der Waals surface area contributed by atoms with Crippen LogP contribution in [0.3, 0.4) is 0 Å². The molecule has 9 nitrogen and oxygen atoms in total. The fourth-order valence-electron chi connectivity index (χ4n) is 4.20. The number of nitrogens with zero attached hydrogens (tertiary/aromatic N) is 4. The maximum Gasteiger partial charge on any atom is 0.243 e. The summed E-state index contributed by atoms with van der Waals surface area (Å²) in [5.41, 5.74) is 4.88. The number of amides is 1. The molecule has 0 radical (unpaired) electrons. The van der Waals surface area contributed by atoms with Crippen molar-refractivity contribution in [1.29, 1.82) is 5.26 Å². The van der Waals surface area contributed by atoms with Crippen LogP contribution in [-0.2, 0) is 11.2 Å². The highest BCUT2D eigenvalue weighted by molar-refractivity contribution is 7.18. The topological polar surface area (TPSA) is 110 Å². The van der Waals surface area contributed by atoms with Crippen molar-refractivity contribution in [3.63, 3.8) is 0 Å². The molecule has 1 amide bonds. The molecule has 1 N–H and O–H groups in total. The van der Waals surface area contributed by atoms with Crippen LogP contribution in [0, 0.1) is 31.1 Å². The van der Waals surface area contributed by atoms with Gasteiger partial charge in [0.1, 0.15) is 29.9 Å². The van der Waals surface area contributed by atoms with Crippen LogP contribution < -0.4 is 24.4 Å². The molecular formula is C31H33N5O4S. The van der Waals surface area contributed by atoms with E-state index in [1.54, 1.807) is 19.2 Å². The molecular weight excluding hydrogens is 538 g/mol. The van der Waals surface area contributed by atoms with Crippen LogP contribution in [0.2, 0.25) is 0 Å². The number of benzene rings is 3. The zero-order valence-electron chi connectivity index (χ0n) is 23.8. The van der Waals surface area contributed by atoms with E-state index < -0.39 is 11.8 Å². The van der Waals surface area contributed by atoms with E-state index in [9.17, 15) is 10.1 Å². The van der Waals surface area contributed by atoms with Crippen LogP contribution in [0.25, 0.3) is 10.6 Å². The number of para-hydroxylation sites is 1. The van der Waals surface area contributed by atoms with Crippen molar-refractivity contribution in [2.75, 3.05) is 44.6 Å². The molecule has 0 fully saturated rings. The first kappa shape index (κ1) is 29.4. The van der Waals surface area contributed by atoms with Gasteiger partial charge >= 0.3 is 0 Å². The Morgan fingerprint density at radius 3 is 2.37 bits per heavy atom. The summed E-state index contributed by atoms with van der Waals surface area (Å²) in [6, 6.07) is 21.4. The van der Waals surface area contributed by atoms with Gasteiger partial charge in [-0.2, -0.15) is 5.26 Å². The van der Waals surface area contributed by atoms with Crippen LogP contribution in [0.5, 0.6) is 17.2 Å². The molecule has 4 aromatic rings. The number of carbonyl (C=O) groups is 1. The van der Waals surface area contributed by atoms with Gasteiger partial charge in [0.2, 0.25) is 11.0 Å². The zero-order chi connectivity index (χ0) is 29.4. The average Bonchev–Trinajstić information content (AvgIpc) is 3.44. The first-order chi connectivity index (χ1) is 19.8. The van der Waals surface area contributed by atoms with E-state index in [1.807, 2.05) is 81.4 Å². The zero-order valence-corrected chi connectivity index (χ0v) is 24.6. The lowest BCUT2D eigenvalue weighted by Crippen LogP contribution is -2.23. The number of aromatic nitrogens is 2. The molecule has 212 valence electrons. The minimum atomic E-state index is -0.927. The van der Waals surface area contributed by atoms with Crippen LogP contribution in [0.1, 0.15) is 16.7 Å². The molecule has 10 heteroatoms. The predicted molar refractivity (Wildman–Crippen MR) is 161 cm³/mol. The third-order valence-electron chi connectivity index (χ3n) is 6.42. The number of ether oxygens (including phenoxy) is 3. The molecule has 0 spiro atoms. The molecule has 0 saturated carbocycles. The van der Waals surface area contributed by atoms with Gasteiger partial charge in [0.15, 0.2) is 11.5 Å². The van der Waals surface area contributed by atoms with E-state index in [1.165, 1.54) is 11.3 Å². The molecule has 0 aliphatic rings. The van der Waals surface area contributed by atoms with Crippen molar-refractivity contribution in [2.45, 2.75) is 20.3 Å². The second-order valence-electron chi connectivity index (χ2n) is 9.63. The Bertz CT molecular complexity index is 1510. The summed E-state index contributed by atoms with van der Waals surface area (Å²) in [5, 5.41) is 21.8. The van der Waals surface area contributed by atoms with E-state index in [0.29, 0.717) is 34.9 Å². The number of carbonyl (C=O) groups excluding carboxylic acids is 1. The van der Waals surface area contributed by atoms with Crippen LogP contribution >= 0.6 is 11.3 Å². The van der Waals surface area contributed by atoms with Gasteiger partial charge in [-0.25, -0.2) is 0 Å². The van der Waals surface area contributed by atoms with Gasteiger partial charge in [0, 0.05) is 25.3 Å². The van der Waals surface area contributed by atoms with E-state index in [-0.39, 0.29) is 6.42 Å². The summed E-state index contributed by atoms with van der Waals surface area (Å²) in [6.07, 6.45) is 0.201. The first-order valence-corrected chi connectivity index (χ1v) is 13.9. The van der Waals surface area contributed by atoms with Gasteiger partial charge in [-0.1, -0.05) is 35.6 Å². The van der Waals surface area contributed by atoms with Crippen LogP contribution in [0.15, 0.2) is 60.7 Å². The highest BCUT2D eigenvalue weighted by Gasteiger charge is 2.21. The largest absolute Gasteiger partial charge is 0.493 e. The Labute approximate surface area is 244 Å². The minimum absolute atomic E-state index is 0.201. The SMILES string of the molecule is COc1cc(C[C@H](C#N)C(=O)Nc2nnc(-c3ccc(N(C)C)cc3)s2)ccc1OCCOc1c(C)cccc1C. The highest BCUT2D eigenvalue weighted by atomic mass is 32.1. The fraction of sp³-hybridized carbons (Fsp3) is 0.290. The molecule has 0 aliphatic heterocycles. The summed E-state index contributed by atoms with van der Waals surface area (Å²) in [4.78, 5) is 14.9. The van der Waals surface area contributed by atoms with Gasteiger partial charge < -0.3 is 19.1 Å². The van der Waals surface area contributed by atoms with Crippen molar-refractivity contribution in [2.24, 2.45) is 5.92 Å². The van der Waals surface area contributed by atoms with Crippen molar-refractivity contribution < 1.29 is 19.0 Å². The number of methoxy groups -OCH3 is 1. The van der Waals surface area contributed by atoms with Crippen molar-refractivity contribution in [1.82, 2.24) is 10.2 Å². The summed E-state index contributed by atoms with van der Waals surface area (Å²) in [5.74, 6) is 0.563. The predicted octanol–water partition coefficient (Wildman–Crippen LogP) is 5.68. The smallest absolute Gasteiger partial charge is 0.243 e. The Morgan fingerprint density at radius 2 is 1.71 bits per heavy atom. The molecule has 1 heterocycles. The Morgan fingerprint density at radius 1 is 1.00 bits per heavy atom. The lowest BCUT2D eigenvalue weighted by atomic mass is 9.99. The molecule has 0 bridgehead atoms. The number of nitrogens with one attached hydrogen (secondary N) is 1. The van der Waals surface area contributed by atoms with Gasteiger partial charge in [0.25, 0.3) is 0 Å². The van der Waals surface area contributed by atoms with E-state index in [0.717, 1.165) is 33.7 Å². The molecule has 3 aromatic carbocycles. The second kappa shape index (κ2) is 13.6. The molecule has 1 aromatic heterocycles. The second-order valence-corrected chi connectivity index (χ2v) is 10.6. The van der Waals surface area contributed by atoms with Gasteiger partial charge in [-0.3, -0.25) is 10.1 Å². The number of rotatable bonds is 12. The van der Waals surface area contributed by atoms with E-state index in [2.05, 4.69) is 21.6 Å². The van der Waals surface area contributed by atoms with Gasteiger partial charge in [-0.05, 0) is 73.4 Å². The van der Waals surface area contributed by atoms with Crippen molar-refractivity contribution in [3.8, 4) is 33.9 Å². The standard InChI is InChI=1S/C31H33N5O4S/c1-20-7-6-8-21(2)28(20)40-16-15-39-26-14-9-22(18-27(26)38-5)17-24(19-32)29(37)33-31-35-34-30(41-31)23-10-12-25(13-11-23)36(3)4/h6-14,18,24H,15-17H2,1-5H3,(H,33,35,37)/t24-/m1/s1. The molecule has 1 atom stereocenters. The summed E-state index contributed by atoms with van der Waals surface area (Å²) < 4.78 is 17.3. The maximum absolute atomic E-state index is 12.9. The Kier molecular flexibility index (Phi) is 9.77. The lowest BCUT2D eigenvalue weighted by Gasteiger charge is -2.15. The number of nitriles is 1. The third kappa shape index (κ3) is 7.52. The summed E-state index contributed by atoms with van der Waals surface area (Å²) in [6.45, 7) is 4.73. The quantitative estimate of drug-likeness (QED) is 0.217. The lowest BCUT2D eigenvalue weighted by molar-refractivity contribution is -0.118. The van der Waals surface area contributed by atoms with Crippen LogP contribution in [0.4, 0.5) is 10.8 Å². The normalized spacial score (nSPS) is 11.3. The van der Waals surface area contributed by atoms with Gasteiger partial charge in [0.05, 0.1) is 13.2 Å². The Balaban J connectivity index is 1.33. The molecule has 0 aliphatic carbocycles. The Hall–Kier alpha value is -4.62. The van der Waals surface area contributed by atoms with E-state index in [4.69, 9.17) is 14.2 Å². The number of hydrogen-bond donors (Lipinski definition) is 1. The van der Waals surface area contributed by atoms with Crippen molar-refractivity contribution in [3.05, 3.63) is 77.4 Å². The number of aryl methyl sites for hydroxylation is 2. The summed E-state index contributed by atoms with van der Waals surface area (Å²) in [7, 11) is 5.50. The average molecular weight is 572 g/mol. The summed E-state index contributed by atoms with van der Waals surface area (Å²) >= 11 is 1.26. The van der Waals surface area contributed by atoms with Crippen LogP contribution in [-0.4, -0.2) is 50.5 Å². The van der Waals surface area contributed by atoms with Crippen molar-refractivity contribution >= 4 is 28.1 Å². The highest BCUT2D eigenvalue weighted by Crippen LogP contribution is 2.31. The monoisotopic (exact) mass is 571 g/mol. The minimum Gasteiger partial charge on any atom is -0.493 e.